The third kappa shape index (κ3) is 2.93. The lowest BCUT2D eigenvalue weighted by Crippen LogP contribution is -2.60. The Balaban J connectivity index is 1.85. The smallest absolute Gasteiger partial charge is 0.307 e. The number of aliphatic hydroxyl groups excluding tert-OH is 2. The number of hydrogen-bond donors (Lipinski definition) is 5. The van der Waals surface area contributed by atoms with Gasteiger partial charge in [0.05, 0.1) is 29.8 Å². The van der Waals surface area contributed by atoms with Gasteiger partial charge in [0.15, 0.2) is 0 Å². The second-order valence-corrected chi connectivity index (χ2v) is 12.0. The van der Waals surface area contributed by atoms with Gasteiger partial charge in [0, 0.05) is 28.5 Å². The van der Waals surface area contributed by atoms with Crippen LogP contribution in [0.15, 0.2) is 0 Å². The molecule has 0 saturated heterocycles. The van der Waals surface area contributed by atoms with E-state index in [1.54, 1.807) is 27.7 Å². The highest BCUT2D eigenvalue weighted by molar-refractivity contribution is 6.18. The van der Waals surface area contributed by atoms with Crippen molar-refractivity contribution >= 4 is 17.6 Å². The van der Waals surface area contributed by atoms with Crippen LogP contribution in [0, 0.1) is 28.6 Å². The van der Waals surface area contributed by atoms with Crippen molar-refractivity contribution in [3.63, 3.8) is 0 Å². The predicted octanol–water partition coefficient (Wildman–Crippen LogP) is 1.35. The fourth-order valence-corrected chi connectivity index (χ4v) is 8.40. The maximum Gasteiger partial charge on any atom is 0.307 e. The molecule has 4 aliphatic carbocycles. The summed E-state index contributed by atoms with van der Waals surface area (Å²) >= 11 is 5.73. The van der Waals surface area contributed by atoms with E-state index in [0.29, 0.717) is 12.8 Å². The van der Waals surface area contributed by atoms with Gasteiger partial charge in [-0.2, -0.15) is 0 Å². The molecule has 8 heteroatoms. The summed E-state index contributed by atoms with van der Waals surface area (Å²) in [6.45, 7) is 6.84. The number of fused-ring (bicyclic) bond motifs is 2. The van der Waals surface area contributed by atoms with E-state index in [4.69, 9.17) is 16.3 Å². The normalized spacial score (nSPS) is 55.3. The molecule has 0 aliphatic heterocycles. The van der Waals surface area contributed by atoms with Gasteiger partial charge in [0.2, 0.25) is 0 Å². The van der Waals surface area contributed by atoms with Gasteiger partial charge in [-0.3, -0.25) is 4.79 Å². The molecule has 1 spiro atoms. The summed E-state index contributed by atoms with van der Waals surface area (Å²) in [5.41, 5.74) is -6.23. The molecule has 4 rings (SSSR count). The van der Waals surface area contributed by atoms with Gasteiger partial charge >= 0.3 is 5.97 Å². The van der Waals surface area contributed by atoms with Crippen molar-refractivity contribution in [2.24, 2.45) is 28.6 Å². The Morgan fingerprint density at radius 3 is 2.29 bits per heavy atom. The molecule has 7 nitrogen and oxygen atoms in total. The molecule has 0 amide bonds. The van der Waals surface area contributed by atoms with E-state index in [1.807, 2.05) is 0 Å². The topological polar surface area (TPSA) is 127 Å². The summed E-state index contributed by atoms with van der Waals surface area (Å²) in [6.07, 6.45) is -1.16. The van der Waals surface area contributed by atoms with Crippen molar-refractivity contribution in [1.29, 1.82) is 0 Å². The number of alkyl halides is 1. The minimum absolute atomic E-state index is 0.0401. The highest BCUT2D eigenvalue weighted by atomic mass is 35.5. The van der Waals surface area contributed by atoms with Crippen LogP contribution < -0.4 is 0 Å². The Hall–Kier alpha value is -0.440. The third-order valence-corrected chi connectivity index (χ3v) is 9.97. The SMILES string of the molecule is CC1(C)[C@@H](O)C[C@H]2[C@](C)(O)[C@@H]3CC[C@H]4C(OC(=O)CCCl)C3(C[C@@H](O)[C@@]21O)C[C@@]4(C)O. The van der Waals surface area contributed by atoms with Gasteiger partial charge in [-0.05, 0) is 51.9 Å². The first-order valence-corrected chi connectivity index (χ1v) is 12.0. The Morgan fingerprint density at radius 1 is 1.03 bits per heavy atom. The number of rotatable bonds is 3. The largest absolute Gasteiger partial charge is 0.461 e. The first kappa shape index (κ1) is 23.7. The molecular weight excluding hydrogens is 424 g/mol. The van der Waals surface area contributed by atoms with Crippen molar-refractivity contribution in [2.45, 2.75) is 101 Å². The van der Waals surface area contributed by atoms with Crippen LogP contribution in [0.25, 0.3) is 0 Å². The predicted molar refractivity (Wildman–Crippen MR) is 113 cm³/mol. The lowest BCUT2D eigenvalue weighted by atomic mass is 9.57. The molecule has 2 bridgehead atoms. The zero-order chi connectivity index (χ0) is 23.2. The summed E-state index contributed by atoms with van der Waals surface area (Å²) in [4.78, 5) is 12.5. The van der Waals surface area contributed by atoms with Crippen LogP contribution in [0.3, 0.4) is 0 Å². The van der Waals surface area contributed by atoms with Gasteiger partial charge in [0.1, 0.15) is 11.7 Å². The summed E-state index contributed by atoms with van der Waals surface area (Å²) < 4.78 is 5.90. The number of carbonyl (C=O) groups excluding carboxylic acids is 1. The van der Waals surface area contributed by atoms with Crippen LogP contribution in [-0.4, -0.2) is 72.5 Å². The quantitative estimate of drug-likeness (QED) is 0.317. The molecule has 0 heterocycles. The van der Waals surface area contributed by atoms with Crippen LogP contribution >= 0.6 is 11.6 Å². The highest BCUT2D eigenvalue weighted by Gasteiger charge is 2.77. The maximum absolute atomic E-state index is 12.5. The van der Waals surface area contributed by atoms with Crippen LogP contribution in [0.4, 0.5) is 0 Å². The van der Waals surface area contributed by atoms with E-state index >= 15 is 0 Å². The summed E-state index contributed by atoms with van der Waals surface area (Å²) in [5, 5.41) is 57.3. The first-order valence-electron chi connectivity index (χ1n) is 11.4. The standard InChI is InChI=1S/C23H37ClO7/c1-19(2)15(25)9-14-21(4,29)13-6-5-12-18(31-17(27)7-8-24)22(13,11-20(12,3)28)10-16(26)23(14,19)30/h12-16,18,25-26,28-30H,5-11H2,1-4H3/t12-,13-,14-,15-,16+,18?,20+,21+,22?,23-/m0/s1. The molecule has 4 fully saturated rings. The monoisotopic (exact) mass is 460 g/mol. The molecule has 178 valence electrons. The second kappa shape index (κ2) is 7.03. The Morgan fingerprint density at radius 2 is 1.68 bits per heavy atom. The van der Waals surface area contributed by atoms with E-state index in [1.165, 1.54) is 0 Å². The van der Waals surface area contributed by atoms with Gasteiger partial charge in [0.25, 0.3) is 0 Å². The fraction of sp³-hybridized carbons (Fsp3) is 0.957. The van der Waals surface area contributed by atoms with E-state index in [-0.39, 0.29) is 37.5 Å². The number of hydrogen-bond acceptors (Lipinski definition) is 7. The molecule has 0 aromatic heterocycles. The van der Waals surface area contributed by atoms with Crippen molar-refractivity contribution in [3.05, 3.63) is 0 Å². The number of ether oxygens (including phenoxy) is 1. The zero-order valence-electron chi connectivity index (χ0n) is 18.8. The van der Waals surface area contributed by atoms with Gasteiger partial charge in [-0.1, -0.05) is 13.8 Å². The fourth-order valence-electron chi connectivity index (χ4n) is 8.24. The van der Waals surface area contributed by atoms with Gasteiger partial charge in [-0.15, -0.1) is 11.6 Å². The number of carbonyl (C=O) groups is 1. The zero-order valence-corrected chi connectivity index (χ0v) is 19.6. The van der Waals surface area contributed by atoms with Crippen LogP contribution in [0.2, 0.25) is 0 Å². The van der Waals surface area contributed by atoms with Crippen LogP contribution in [0.5, 0.6) is 0 Å². The Bertz CT molecular complexity index is 752. The summed E-state index contributed by atoms with van der Waals surface area (Å²) in [6, 6.07) is 0. The first-order chi connectivity index (χ1) is 14.2. The molecule has 5 N–H and O–H groups in total. The van der Waals surface area contributed by atoms with Crippen molar-refractivity contribution in [2.75, 3.05) is 5.88 Å². The van der Waals surface area contributed by atoms with E-state index in [9.17, 15) is 30.3 Å². The van der Waals surface area contributed by atoms with Gasteiger partial charge in [-0.25, -0.2) is 0 Å². The second-order valence-electron chi connectivity index (χ2n) is 11.6. The molecule has 2 unspecified atom stereocenters. The number of esters is 1. The van der Waals surface area contributed by atoms with E-state index in [2.05, 4.69) is 0 Å². The third-order valence-electron chi connectivity index (χ3n) is 9.78. The molecule has 0 aromatic carbocycles. The van der Waals surface area contributed by atoms with Crippen LogP contribution in [-0.2, 0) is 9.53 Å². The number of halogens is 1. The highest BCUT2D eigenvalue weighted by Crippen LogP contribution is 2.70. The molecule has 0 aromatic rings. The molecule has 4 saturated carbocycles. The van der Waals surface area contributed by atoms with Gasteiger partial charge < -0.3 is 30.3 Å². The van der Waals surface area contributed by atoms with Crippen molar-refractivity contribution < 1.29 is 35.1 Å². The van der Waals surface area contributed by atoms with E-state index in [0.717, 1.165) is 0 Å². The average Bonchev–Trinajstić information content (AvgIpc) is 2.87. The minimum atomic E-state index is -1.73. The average molecular weight is 461 g/mol. The molecule has 0 radical (unpaired) electrons. The minimum Gasteiger partial charge on any atom is -0.461 e. The van der Waals surface area contributed by atoms with E-state index < -0.39 is 63.8 Å². The van der Waals surface area contributed by atoms with Crippen molar-refractivity contribution in [1.82, 2.24) is 0 Å². The Labute approximate surface area is 188 Å². The number of aliphatic hydroxyl groups is 5. The molecule has 10 atom stereocenters. The van der Waals surface area contributed by atoms with Crippen LogP contribution in [0.1, 0.15) is 66.2 Å². The molecule has 31 heavy (non-hydrogen) atoms. The summed E-state index contributed by atoms with van der Waals surface area (Å²) in [5.74, 6) is -1.84. The lowest BCUT2D eigenvalue weighted by molar-refractivity contribution is -0.202. The lowest BCUT2D eigenvalue weighted by Gasteiger charge is -2.52. The summed E-state index contributed by atoms with van der Waals surface area (Å²) in [7, 11) is 0. The van der Waals surface area contributed by atoms with Crippen molar-refractivity contribution in [3.8, 4) is 0 Å². The molecular formula is C23H37ClO7. The Kier molecular flexibility index (Phi) is 5.38. The molecule has 4 aliphatic rings. The maximum atomic E-state index is 12.5.